The maximum atomic E-state index is 13.8. The summed E-state index contributed by atoms with van der Waals surface area (Å²) in [4.78, 5) is 28.2. The van der Waals surface area contributed by atoms with Crippen LogP contribution in [0.2, 0.25) is 5.02 Å². The molecule has 0 bridgehead atoms. The highest BCUT2D eigenvalue weighted by molar-refractivity contribution is 6.30. The average Bonchev–Trinajstić information content (AvgIpc) is 2.94. The molecule has 1 aliphatic carbocycles. The summed E-state index contributed by atoms with van der Waals surface area (Å²) in [6.45, 7) is 2.17. The van der Waals surface area contributed by atoms with Gasteiger partial charge in [0.15, 0.2) is 0 Å². The Morgan fingerprint density at radius 2 is 1.84 bits per heavy atom. The molecule has 1 N–H and O–H groups in total. The number of rotatable bonds is 5. The first-order chi connectivity index (χ1) is 15.5. The molecule has 6 heteroatoms. The van der Waals surface area contributed by atoms with Crippen LogP contribution in [0.15, 0.2) is 42.5 Å². The number of hydrogen-bond donors (Lipinski definition) is 1. The van der Waals surface area contributed by atoms with Gasteiger partial charge in [-0.15, -0.1) is 0 Å². The van der Waals surface area contributed by atoms with Crippen molar-refractivity contribution in [1.29, 1.82) is 0 Å². The monoisotopic (exact) mass is 456 g/mol. The molecule has 0 saturated heterocycles. The number of amides is 2. The first-order valence-electron chi connectivity index (χ1n) is 11.6. The zero-order chi connectivity index (χ0) is 22.7. The fourth-order valence-corrected chi connectivity index (χ4v) is 5.29. The molecule has 170 valence electrons. The summed E-state index contributed by atoms with van der Waals surface area (Å²) in [5.41, 5.74) is 2.14. The zero-order valence-electron chi connectivity index (χ0n) is 18.4. The van der Waals surface area contributed by atoms with Crippen LogP contribution in [0.3, 0.4) is 0 Å². The van der Waals surface area contributed by atoms with Crippen molar-refractivity contribution in [2.45, 2.75) is 57.9 Å². The molecule has 2 aromatic carbocycles. The minimum Gasteiger partial charge on any atom is -0.324 e. The molecule has 1 aliphatic heterocycles. The predicted molar refractivity (Wildman–Crippen MR) is 125 cm³/mol. The van der Waals surface area contributed by atoms with Gasteiger partial charge in [-0.2, -0.15) is 0 Å². The number of hydrogen-bond acceptors (Lipinski definition) is 2. The number of fused-ring (bicyclic) bond motifs is 1. The van der Waals surface area contributed by atoms with Gasteiger partial charge in [0.2, 0.25) is 11.8 Å². The van der Waals surface area contributed by atoms with E-state index in [2.05, 4.69) is 12.2 Å². The van der Waals surface area contributed by atoms with Crippen LogP contribution in [-0.4, -0.2) is 23.3 Å². The van der Waals surface area contributed by atoms with Crippen LogP contribution in [-0.2, 0) is 9.59 Å². The van der Waals surface area contributed by atoms with Crippen LogP contribution >= 0.6 is 11.6 Å². The topological polar surface area (TPSA) is 49.4 Å². The Bertz CT molecular complexity index is 970. The molecular weight excluding hydrogens is 427 g/mol. The third-order valence-electron chi connectivity index (χ3n) is 6.84. The largest absolute Gasteiger partial charge is 0.324 e. The van der Waals surface area contributed by atoms with Gasteiger partial charge in [-0.3, -0.25) is 9.59 Å². The molecule has 1 saturated carbocycles. The highest BCUT2D eigenvalue weighted by atomic mass is 35.5. The molecule has 0 spiro atoms. The summed E-state index contributed by atoms with van der Waals surface area (Å²) >= 11 is 6.30. The standard InChI is InChI=1S/C26H30ClFN2O2/c1-2-3-4-17-5-7-19(8-6-17)26(32)30-16-24(31)29-23-14-11-20(27)15-22(23)25(30)18-9-12-21(28)13-10-18/h9-15,17,19,25H,2-8,16H2,1H3,(H,29,31)/t17?,19?,25-/m0/s1. The molecule has 2 aromatic rings. The van der Waals surface area contributed by atoms with Crippen LogP contribution in [0.4, 0.5) is 10.1 Å². The highest BCUT2D eigenvalue weighted by Crippen LogP contribution is 2.40. The number of nitrogens with one attached hydrogen (secondary N) is 1. The van der Waals surface area contributed by atoms with Gasteiger partial charge in [0.05, 0.1) is 6.04 Å². The van der Waals surface area contributed by atoms with Gasteiger partial charge in [-0.25, -0.2) is 4.39 Å². The Morgan fingerprint density at radius 1 is 1.12 bits per heavy atom. The van der Waals surface area contributed by atoms with E-state index in [-0.39, 0.29) is 30.1 Å². The van der Waals surface area contributed by atoms with E-state index < -0.39 is 6.04 Å². The van der Waals surface area contributed by atoms with Gasteiger partial charge in [0.1, 0.15) is 12.4 Å². The van der Waals surface area contributed by atoms with Crippen LogP contribution in [0.25, 0.3) is 0 Å². The fourth-order valence-electron chi connectivity index (χ4n) is 5.11. The molecule has 2 amide bonds. The first kappa shape index (κ1) is 22.8. The van der Waals surface area contributed by atoms with Gasteiger partial charge in [-0.05, 0) is 67.5 Å². The molecule has 1 atom stereocenters. The molecule has 4 rings (SSSR count). The SMILES string of the molecule is CCCCC1CCC(C(=O)N2CC(=O)Nc3ccc(Cl)cc3[C@@H]2c2ccc(F)cc2)CC1. The molecule has 1 fully saturated rings. The van der Waals surface area contributed by atoms with Crippen LogP contribution in [0.1, 0.15) is 69.0 Å². The van der Waals surface area contributed by atoms with Gasteiger partial charge >= 0.3 is 0 Å². The van der Waals surface area contributed by atoms with E-state index in [4.69, 9.17) is 11.6 Å². The normalized spacial score (nSPS) is 23.3. The molecule has 0 unspecified atom stereocenters. The van der Waals surface area contributed by atoms with Crippen molar-refractivity contribution in [2.75, 3.05) is 11.9 Å². The van der Waals surface area contributed by atoms with E-state index in [0.717, 1.165) is 36.8 Å². The van der Waals surface area contributed by atoms with E-state index in [1.54, 1.807) is 35.2 Å². The van der Waals surface area contributed by atoms with Crippen LogP contribution in [0, 0.1) is 17.7 Å². The van der Waals surface area contributed by atoms with E-state index in [1.807, 2.05) is 0 Å². The van der Waals surface area contributed by atoms with E-state index in [0.29, 0.717) is 16.6 Å². The average molecular weight is 457 g/mol. The lowest BCUT2D eigenvalue weighted by atomic mass is 9.79. The van der Waals surface area contributed by atoms with Gasteiger partial charge in [0, 0.05) is 22.2 Å². The Morgan fingerprint density at radius 3 is 2.53 bits per heavy atom. The van der Waals surface area contributed by atoms with E-state index >= 15 is 0 Å². The van der Waals surface area contributed by atoms with Crippen molar-refractivity contribution < 1.29 is 14.0 Å². The van der Waals surface area contributed by atoms with Gasteiger partial charge < -0.3 is 10.2 Å². The number of anilines is 1. The maximum absolute atomic E-state index is 13.8. The number of nitrogens with zero attached hydrogens (tertiary/aromatic N) is 1. The second kappa shape index (κ2) is 10.0. The molecule has 32 heavy (non-hydrogen) atoms. The number of carbonyl (C=O) groups excluding carboxylic acids is 2. The predicted octanol–water partition coefficient (Wildman–Crippen LogP) is 6.35. The van der Waals surface area contributed by atoms with Crippen molar-refractivity contribution in [3.8, 4) is 0 Å². The molecule has 0 aromatic heterocycles. The lowest BCUT2D eigenvalue weighted by molar-refractivity contribution is -0.141. The Labute approximate surface area is 194 Å². The molecule has 4 nitrogen and oxygen atoms in total. The summed E-state index contributed by atoms with van der Waals surface area (Å²) in [5.74, 6) is 0.0220. The second-order valence-corrected chi connectivity index (χ2v) is 9.50. The molecule has 0 radical (unpaired) electrons. The van der Waals surface area contributed by atoms with Crippen molar-refractivity contribution in [3.05, 3.63) is 64.4 Å². The lowest BCUT2D eigenvalue weighted by Crippen LogP contribution is -2.43. The zero-order valence-corrected chi connectivity index (χ0v) is 19.2. The highest BCUT2D eigenvalue weighted by Gasteiger charge is 2.37. The van der Waals surface area contributed by atoms with Crippen molar-refractivity contribution >= 4 is 29.1 Å². The summed E-state index contributed by atoms with van der Waals surface area (Å²) in [7, 11) is 0. The Balaban J connectivity index is 1.66. The number of unbranched alkanes of at least 4 members (excludes halogenated alkanes) is 1. The van der Waals surface area contributed by atoms with Crippen molar-refractivity contribution in [1.82, 2.24) is 4.90 Å². The molecular formula is C26H30ClFN2O2. The number of halogens is 2. The van der Waals surface area contributed by atoms with Crippen molar-refractivity contribution in [2.24, 2.45) is 11.8 Å². The second-order valence-electron chi connectivity index (χ2n) is 9.06. The third-order valence-corrected chi connectivity index (χ3v) is 7.07. The summed E-state index contributed by atoms with van der Waals surface area (Å²) in [6, 6.07) is 10.9. The lowest BCUT2D eigenvalue weighted by Gasteiger charge is -2.36. The van der Waals surface area contributed by atoms with E-state index in [1.165, 1.54) is 31.4 Å². The number of benzene rings is 2. The van der Waals surface area contributed by atoms with Gasteiger partial charge in [0.25, 0.3) is 0 Å². The Kier molecular flexibility index (Phi) is 7.14. The smallest absolute Gasteiger partial charge is 0.244 e. The minimum atomic E-state index is -0.506. The van der Waals surface area contributed by atoms with Crippen LogP contribution in [0.5, 0.6) is 0 Å². The van der Waals surface area contributed by atoms with Gasteiger partial charge in [-0.1, -0.05) is 49.9 Å². The molecule has 2 aliphatic rings. The fraction of sp³-hybridized carbons (Fsp3) is 0.462. The van der Waals surface area contributed by atoms with E-state index in [9.17, 15) is 14.0 Å². The summed E-state index contributed by atoms with van der Waals surface area (Å²) < 4.78 is 13.7. The van der Waals surface area contributed by atoms with Crippen LogP contribution < -0.4 is 5.32 Å². The van der Waals surface area contributed by atoms with Crippen molar-refractivity contribution in [3.63, 3.8) is 0 Å². The quantitative estimate of drug-likeness (QED) is 0.570. The number of carbonyl (C=O) groups is 2. The Hall–Kier alpha value is -2.40. The molecule has 1 heterocycles. The first-order valence-corrected chi connectivity index (χ1v) is 12.0. The maximum Gasteiger partial charge on any atom is 0.244 e. The third kappa shape index (κ3) is 4.98. The summed E-state index contributed by atoms with van der Waals surface area (Å²) in [5, 5.41) is 3.44. The summed E-state index contributed by atoms with van der Waals surface area (Å²) in [6.07, 6.45) is 7.48. The minimum absolute atomic E-state index is 0.00348.